The standard InChI is InChI=1S/C13H13NO4/c1-6-4-5-8-9(7(6)2)11(15)10(13(17)18)12(16)14(8)3/h4-5,15H,1-3H3,(H,17,18). The summed E-state index contributed by atoms with van der Waals surface area (Å²) in [5.74, 6) is -1.88. The van der Waals surface area contributed by atoms with Crippen molar-refractivity contribution in [2.75, 3.05) is 0 Å². The van der Waals surface area contributed by atoms with Crippen LogP contribution in [0.5, 0.6) is 5.75 Å². The molecule has 94 valence electrons. The molecule has 1 aromatic carbocycles. The number of carboxylic acids is 1. The summed E-state index contributed by atoms with van der Waals surface area (Å²) in [7, 11) is 1.49. The highest BCUT2D eigenvalue weighted by Gasteiger charge is 2.21. The van der Waals surface area contributed by atoms with Crippen molar-refractivity contribution in [3.63, 3.8) is 0 Å². The molecule has 0 unspecified atom stereocenters. The second kappa shape index (κ2) is 3.87. The van der Waals surface area contributed by atoms with Gasteiger partial charge in [-0.1, -0.05) is 6.07 Å². The van der Waals surface area contributed by atoms with Gasteiger partial charge in [0.2, 0.25) is 0 Å². The van der Waals surface area contributed by atoms with Crippen LogP contribution in [0.25, 0.3) is 10.9 Å². The van der Waals surface area contributed by atoms with Crippen molar-refractivity contribution in [2.45, 2.75) is 13.8 Å². The summed E-state index contributed by atoms with van der Waals surface area (Å²) in [5.41, 5.74) is 0.913. The van der Waals surface area contributed by atoms with Crippen molar-refractivity contribution in [3.8, 4) is 5.75 Å². The third-order valence-electron chi connectivity index (χ3n) is 3.28. The molecule has 2 aromatic rings. The average Bonchev–Trinajstić information content (AvgIpc) is 2.29. The molecular formula is C13H13NO4. The summed E-state index contributed by atoms with van der Waals surface area (Å²) >= 11 is 0. The second-order valence-electron chi connectivity index (χ2n) is 4.29. The quantitative estimate of drug-likeness (QED) is 0.801. The van der Waals surface area contributed by atoms with Gasteiger partial charge in [0.15, 0.2) is 5.56 Å². The number of hydrogen-bond acceptors (Lipinski definition) is 3. The molecule has 0 saturated carbocycles. The summed E-state index contributed by atoms with van der Waals surface area (Å²) in [6.07, 6.45) is 0. The first-order valence-corrected chi connectivity index (χ1v) is 5.41. The lowest BCUT2D eigenvalue weighted by molar-refractivity contribution is 0.0691. The molecule has 5 nitrogen and oxygen atoms in total. The van der Waals surface area contributed by atoms with E-state index >= 15 is 0 Å². The van der Waals surface area contributed by atoms with Crippen LogP contribution in [-0.4, -0.2) is 20.7 Å². The van der Waals surface area contributed by atoms with Gasteiger partial charge >= 0.3 is 5.97 Å². The molecule has 1 heterocycles. The number of benzene rings is 1. The van der Waals surface area contributed by atoms with Crippen LogP contribution in [-0.2, 0) is 7.05 Å². The average molecular weight is 247 g/mol. The number of carboxylic acid groups (broad SMARTS) is 1. The molecule has 2 N–H and O–H groups in total. The van der Waals surface area contributed by atoms with E-state index in [1.165, 1.54) is 11.6 Å². The van der Waals surface area contributed by atoms with E-state index in [-0.39, 0.29) is 0 Å². The van der Waals surface area contributed by atoms with E-state index in [9.17, 15) is 14.7 Å². The van der Waals surface area contributed by atoms with Crippen LogP contribution < -0.4 is 5.56 Å². The third kappa shape index (κ3) is 1.48. The Hall–Kier alpha value is -2.30. The van der Waals surface area contributed by atoms with Gasteiger partial charge in [-0.25, -0.2) is 4.79 Å². The maximum atomic E-state index is 11.9. The van der Waals surface area contributed by atoms with Crippen LogP contribution in [0.3, 0.4) is 0 Å². The Kier molecular flexibility index (Phi) is 2.62. The molecule has 0 atom stereocenters. The maximum absolute atomic E-state index is 11.9. The van der Waals surface area contributed by atoms with Crippen molar-refractivity contribution in [2.24, 2.45) is 7.05 Å². The van der Waals surface area contributed by atoms with Gasteiger partial charge in [0, 0.05) is 12.4 Å². The monoisotopic (exact) mass is 247 g/mol. The first-order valence-electron chi connectivity index (χ1n) is 5.41. The minimum Gasteiger partial charge on any atom is -0.506 e. The minimum atomic E-state index is -1.42. The zero-order valence-electron chi connectivity index (χ0n) is 10.3. The predicted molar refractivity (Wildman–Crippen MR) is 67.3 cm³/mol. The van der Waals surface area contributed by atoms with Crippen molar-refractivity contribution < 1.29 is 15.0 Å². The van der Waals surface area contributed by atoms with E-state index < -0.39 is 22.8 Å². The summed E-state index contributed by atoms with van der Waals surface area (Å²) in [6, 6.07) is 3.53. The van der Waals surface area contributed by atoms with E-state index in [1.54, 1.807) is 13.0 Å². The first-order chi connectivity index (χ1) is 8.36. The van der Waals surface area contributed by atoms with Gasteiger partial charge in [0.25, 0.3) is 5.56 Å². The number of pyridine rings is 1. The minimum absolute atomic E-state index is 0.412. The van der Waals surface area contributed by atoms with Gasteiger partial charge < -0.3 is 14.8 Å². The Balaban J connectivity index is 3.15. The molecular weight excluding hydrogens is 234 g/mol. The lowest BCUT2D eigenvalue weighted by Gasteiger charge is -2.13. The number of nitrogens with zero attached hydrogens (tertiary/aromatic N) is 1. The van der Waals surface area contributed by atoms with Gasteiger partial charge in [-0.05, 0) is 31.0 Å². The van der Waals surface area contributed by atoms with Gasteiger partial charge in [-0.2, -0.15) is 0 Å². The Morgan fingerprint density at radius 3 is 2.44 bits per heavy atom. The second-order valence-corrected chi connectivity index (χ2v) is 4.29. The van der Waals surface area contributed by atoms with Gasteiger partial charge in [0.05, 0.1) is 5.52 Å². The van der Waals surface area contributed by atoms with Crippen LogP contribution in [0.1, 0.15) is 21.5 Å². The SMILES string of the molecule is Cc1ccc2c(c1C)c(O)c(C(=O)O)c(=O)n2C. The fraction of sp³-hybridized carbons (Fsp3) is 0.231. The highest BCUT2D eigenvalue weighted by molar-refractivity contribution is 6.00. The van der Waals surface area contributed by atoms with Gasteiger partial charge in [-0.3, -0.25) is 4.79 Å². The largest absolute Gasteiger partial charge is 0.506 e. The zero-order valence-corrected chi connectivity index (χ0v) is 10.3. The highest BCUT2D eigenvalue weighted by Crippen LogP contribution is 2.30. The first kappa shape index (κ1) is 12.2. The summed E-state index contributed by atoms with van der Waals surface area (Å²) < 4.78 is 1.24. The number of hydrogen-bond donors (Lipinski definition) is 2. The third-order valence-corrected chi connectivity index (χ3v) is 3.28. The lowest BCUT2D eigenvalue weighted by Crippen LogP contribution is -2.25. The van der Waals surface area contributed by atoms with E-state index in [0.717, 1.165) is 11.1 Å². The van der Waals surface area contributed by atoms with E-state index in [2.05, 4.69) is 0 Å². The number of aromatic hydroxyl groups is 1. The smallest absolute Gasteiger partial charge is 0.345 e. The van der Waals surface area contributed by atoms with Crippen LogP contribution in [0.15, 0.2) is 16.9 Å². The maximum Gasteiger partial charge on any atom is 0.345 e. The van der Waals surface area contributed by atoms with Gasteiger partial charge in [0.1, 0.15) is 5.75 Å². The number of aromatic nitrogens is 1. The molecule has 1 aromatic heterocycles. The predicted octanol–water partition coefficient (Wildman–Crippen LogP) is 1.56. The Morgan fingerprint density at radius 1 is 1.28 bits per heavy atom. The van der Waals surface area contributed by atoms with E-state index in [0.29, 0.717) is 10.9 Å². The van der Waals surface area contributed by atoms with Crippen LogP contribution in [0.4, 0.5) is 0 Å². The van der Waals surface area contributed by atoms with E-state index in [1.807, 2.05) is 13.0 Å². The topological polar surface area (TPSA) is 79.5 Å². The molecule has 0 spiro atoms. The lowest BCUT2D eigenvalue weighted by atomic mass is 10.0. The van der Waals surface area contributed by atoms with Crippen LogP contribution in [0.2, 0.25) is 0 Å². The molecule has 0 amide bonds. The summed E-state index contributed by atoms with van der Waals surface area (Å²) in [5, 5.41) is 19.5. The Labute approximate surface area is 103 Å². The highest BCUT2D eigenvalue weighted by atomic mass is 16.4. The molecule has 0 aliphatic carbocycles. The zero-order chi connectivity index (χ0) is 13.6. The molecule has 0 saturated heterocycles. The van der Waals surface area contributed by atoms with E-state index in [4.69, 9.17) is 5.11 Å². The van der Waals surface area contributed by atoms with Crippen LogP contribution in [0, 0.1) is 13.8 Å². The Bertz CT molecular complexity index is 728. The fourth-order valence-corrected chi connectivity index (χ4v) is 2.08. The van der Waals surface area contributed by atoms with Crippen molar-refractivity contribution in [3.05, 3.63) is 39.2 Å². The van der Waals surface area contributed by atoms with Crippen molar-refractivity contribution >= 4 is 16.9 Å². The molecule has 0 aliphatic heterocycles. The molecule has 0 bridgehead atoms. The molecule has 0 radical (unpaired) electrons. The number of aromatic carboxylic acids is 1. The fourth-order valence-electron chi connectivity index (χ4n) is 2.08. The van der Waals surface area contributed by atoms with Crippen molar-refractivity contribution in [1.29, 1.82) is 0 Å². The number of rotatable bonds is 1. The Morgan fingerprint density at radius 2 is 1.89 bits per heavy atom. The molecule has 0 fully saturated rings. The number of aryl methyl sites for hydroxylation is 3. The normalized spacial score (nSPS) is 10.8. The molecule has 18 heavy (non-hydrogen) atoms. The molecule has 0 aliphatic rings. The molecule has 5 heteroatoms. The van der Waals surface area contributed by atoms with Crippen LogP contribution >= 0.6 is 0 Å². The summed E-state index contributed by atoms with van der Waals surface area (Å²) in [6.45, 7) is 3.65. The van der Waals surface area contributed by atoms with Gasteiger partial charge in [-0.15, -0.1) is 0 Å². The number of fused-ring (bicyclic) bond motifs is 1. The molecule has 2 rings (SSSR count). The number of carbonyl (C=O) groups is 1. The summed E-state index contributed by atoms with van der Waals surface area (Å²) in [4.78, 5) is 22.9. The van der Waals surface area contributed by atoms with Crippen molar-refractivity contribution in [1.82, 2.24) is 4.57 Å².